The summed E-state index contributed by atoms with van der Waals surface area (Å²) < 4.78 is 32.0. The van der Waals surface area contributed by atoms with Crippen LogP contribution in [0.2, 0.25) is 0 Å². The first kappa shape index (κ1) is 22.8. The number of anilines is 1. The zero-order valence-electron chi connectivity index (χ0n) is 18.2. The van der Waals surface area contributed by atoms with Crippen LogP contribution in [0.1, 0.15) is 35.3 Å². The van der Waals surface area contributed by atoms with Crippen LogP contribution >= 0.6 is 11.8 Å². The van der Waals surface area contributed by atoms with E-state index in [1.807, 2.05) is 0 Å². The van der Waals surface area contributed by atoms with E-state index in [2.05, 4.69) is 37.7 Å². The van der Waals surface area contributed by atoms with Gasteiger partial charge in [0.25, 0.3) is 12.3 Å². The molecular weight excluding hydrogens is 450 g/mol. The fourth-order valence-electron chi connectivity index (χ4n) is 3.03. The number of aromatic nitrogens is 2. The zero-order chi connectivity index (χ0) is 23.5. The standard InChI is InChI=1S/C22H22F2N6O2S/c1-30(2)18-9-13(14-8-16(20(23)24)25-11-17(14)32-3)15(10-26-18)21(31)27-22-29-28-19(33-22)7-6-12-4-5-12/h8-12,19-20,28H,4-5H2,1-3H3,(H,27,29,31). The van der Waals surface area contributed by atoms with E-state index in [9.17, 15) is 13.6 Å². The SMILES string of the molecule is COc1cnc(C(F)F)cc1-c1cc(N(C)C)ncc1C(=O)NC1=NNC(C#CC2CC2)S1. The molecule has 4 rings (SSSR count). The summed E-state index contributed by atoms with van der Waals surface area (Å²) >= 11 is 1.30. The number of hydrogen-bond donors (Lipinski definition) is 2. The molecule has 1 aliphatic heterocycles. The Balaban J connectivity index is 1.65. The number of carbonyl (C=O) groups is 1. The van der Waals surface area contributed by atoms with Crippen LogP contribution in [0.3, 0.4) is 0 Å². The van der Waals surface area contributed by atoms with Gasteiger partial charge >= 0.3 is 0 Å². The third-order valence-corrected chi connectivity index (χ3v) is 5.82. The molecule has 1 amide bonds. The number of thioether (sulfide) groups is 1. The Morgan fingerprint density at radius 2 is 2.03 bits per heavy atom. The monoisotopic (exact) mass is 472 g/mol. The molecule has 0 bridgehead atoms. The normalized spacial score (nSPS) is 17.0. The van der Waals surface area contributed by atoms with Gasteiger partial charge in [-0.3, -0.25) is 20.5 Å². The van der Waals surface area contributed by atoms with E-state index < -0.39 is 18.0 Å². The average molecular weight is 473 g/mol. The highest BCUT2D eigenvalue weighted by Gasteiger charge is 2.25. The van der Waals surface area contributed by atoms with Crippen molar-refractivity contribution in [2.75, 3.05) is 26.1 Å². The topological polar surface area (TPSA) is 91.7 Å². The van der Waals surface area contributed by atoms with E-state index in [4.69, 9.17) is 4.74 Å². The predicted molar refractivity (Wildman–Crippen MR) is 123 cm³/mol. The third kappa shape index (κ3) is 5.34. The number of hydrazone groups is 1. The highest BCUT2D eigenvalue weighted by Crippen LogP contribution is 2.36. The first-order chi connectivity index (χ1) is 15.9. The van der Waals surface area contributed by atoms with Crippen LogP contribution in [0.4, 0.5) is 14.6 Å². The van der Waals surface area contributed by atoms with Gasteiger partial charge in [-0.1, -0.05) is 11.8 Å². The van der Waals surface area contributed by atoms with E-state index in [-0.39, 0.29) is 16.7 Å². The minimum absolute atomic E-state index is 0.182. The lowest BCUT2D eigenvalue weighted by molar-refractivity contribution is 0.0978. The molecule has 2 aromatic rings. The Hall–Kier alpha value is -3.39. The van der Waals surface area contributed by atoms with Gasteiger partial charge in [-0.15, -0.1) is 0 Å². The summed E-state index contributed by atoms with van der Waals surface area (Å²) in [6.45, 7) is 0. The van der Waals surface area contributed by atoms with Crippen molar-refractivity contribution < 1.29 is 18.3 Å². The van der Waals surface area contributed by atoms with Crippen molar-refractivity contribution in [3.8, 4) is 28.7 Å². The summed E-state index contributed by atoms with van der Waals surface area (Å²) in [6.07, 6.45) is 2.10. The highest BCUT2D eigenvalue weighted by atomic mass is 32.2. The summed E-state index contributed by atoms with van der Waals surface area (Å²) in [5.74, 6) is 7.05. The fourth-order valence-corrected chi connectivity index (χ4v) is 3.74. The number of amidine groups is 1. The predicted octanol–water partition coefficient (Wildman–Crippen LogP) is 3.23. The smallest absolute Gasteiger partial charge is 0.280 e. The molecular formula is C22H22F2N6O2S. The van der Waals surface area contributed by atoms with E-state index in [0.29, 0.717) is 28.0 Å². The largest absolute Gasteiger partial charge is 0.494 e. The lowest BCUT2D eigenvalue weighted by Crippen LogP contribution is -2.28. The van der Waals surface area contributed by atoms with Crippen molar-refractivity contribution in [2.45, 2.75) is 24.6 Å². The molecule has 1 unspecified atom stereocenters. The second-order valence-electron chi connectivity index (χ2n) is 7.65. The molecule has 0 aromatic carbocycles. The van der Waals surface area contributed by atoms with Crippen LogP contribution in [0.15, 0.2) is 29.6 Å². The van der Waals surface area contributed by atoms with E-state index >= 15 is 0 Å². The van der Waals surface area contributed by atoms with Gasteiger partial charge in [0.05, 0.1) is 18.9 Å². The first-order valence-corrected chi connectivity index (χ1v) is 11.1. The third-order valence-electron chi connectivity index (χ3n) is 4.94. The number of pyridine rings is 2. The number of methoxy groups -OCH3 is 1. The number of amides is 1. The molecule has 8 nitrogen and oxygen atoms in total. The number of ether oxygens (including phenoxy) is 1. The van der Waals surface area contributed by atoms with E-state index in [1.165, 1.54) is 37.3 Å². The maximum atomic E-state index is 13.3. The van der Waals surface area contributed by atoms with Gasteiger partial charge in [-0.2, -0.15) is 5.10 Å². The van der Waals surface area contributed by atoms with Crippen LogP contribution in [-0.4, -0.2) is 47.6 Å². The van der Waals surface area contributed by atoms with Gasteiger partial charge in [0, 0.05) is 37.3 Å². The molecule has 1 fully saturated rings. The fraction of sp³-hybridized carbons (Fsp3) is 0.364. The van der Waals surface area contributed by atoms with Crippen molar-refractivity contribution in [1.82, 2.24) is 20.7 Å². The second kappa shape index (κ2) is 9.62. The maximum absolute atomic E-state index is 13.3. The van der Waals surface area contributed by atoms with Gasteiger partial charge < -0.3 is 9.64 Å². The Morgan fingerprint density at radius 1 is 1.24 bits per heavy atom. The Morgan fingerprint density at radius 3 is 2.70 bits per heavy atom. The molecule has 1 aliphatic carbocycles. The van der Waals surface area contributed by atoms with Crippen LogP contribution in [0.25, 0.3) is 11.1 Å². The number of carbonyl (C=O) groups excluding carboxylic acids is 1. The summed E-state index contributed by atoms with van der Waals surface area (Å²) in [6, 6.07) is 2.87. The first-order valence-electron chi connectivity index (χ1n) is 10.2. The quantitative estimate of drug-likeness (QED) is 0.646. The molecule has 0 radical (unpaired) electrons. The molecule has 3 heterocycles. The van der Waals surface area contributed by atoms with Crippen molar-refractivity contribution in [1.29, 1.82) is 0 Å². The maximum Gasteiger partial charge on any atom is 0.280 e. The van der Waals surface area contributed by atoms with Gasteiger partial charge in [0.2, 0.25) is 0 Å². The Labute approximate surface area is 194 Å². The molecule has 172 valence electrons. The van der Waals surface area contributed by atoms with Crippen molar-refractivity contribution in [2.24, 2.45) is 11.0 Å². The zero-order valence-corrected chi connectivity index (χ0v) is 19.0. The van der Waals surface area contributed by atoms with E-state index in [0.717, 1.165) is 12.8 Å². The molecule has 2 N–H and O–H groups in total. The van der Waals surface area contributed by atoms with Gasteiger partial charge in [0.1, 0.15) is 17.3 Å². The molecule has 1 saturated carbocycles. The molecule has 33 heavy (non-hydrogen) atoms. The van der Waals surface area contributed by atoms with Gasteiger partial charge in [0.15, 0.2) is 10.5 Å². The molecule has 1 atom stereocenters. The number of alkyl halides is 2. The molecule has 11 heteroatoms. The van der Waals surface area contributed by atoms with Crippen molar-refractivity contribution in [3.63, 3.8) is 0 Å². The van der Waals surface area contributed by atoms with Crippen molar-refractivity contribution in [3.05, 3.63) is 35.8 Å². The minimum Gasteiger partial charge on any atom is -0.494 e. The number of rotatable bonds is 5. The van der Waals surface area contributed by atoms with Crippen LogP contribution in [0, 0.1) is 17.8 Å². The molecule has 0 spiro atoms. The van der Waals surface area contributed by atoms with E-state index in [1.54, 1.807) is 25.1 Å². The Kier molecular flexibility index (Phi) is 6.65. The lowest BCUT2D eigenvalue weighted by atomic mass is 10.00. The number of halogens is 2. The highest BCUT2D eigenvalue weighted by molar-refractivity contribution is 8.14. The average Bonchev–Trinajstić information content (AvgIpc) is 3.54. The van der Waals surface area contributed by atoms with Gasteiger partial charge in [-0.25, -0.2) is 13.8 Å². The van der Waals surface area contributed by atoms with Crippen LogP contribution in [0.5, 0.6) is 5.75 Å². The van der Waals surface area contributed by atoms with Crippen LogP contribution in [-0.2, 0) is 0 Å². The number of nitrogens with zero attached hydrogens (tertiary/aromatic N) is 4. The molecule has 2 aliphatic rings. The summed E-state index contributed by atoms with van der Waals surface area (Å²) in [4.78, 5) is 23.0. The summed E-state index contributed by atoms with van der Waals surface area (Å²) in [5.41, 5.74) is 3.34. The van der Waals surface area contributed by atoms with Crippen molar-refractivity contribution >= 4 is 28.7 Å². The summed E-state index contributed by atoms with van der Waals surface area (Å²) in [5, 5.41) is 7.02. The molecule has 2 aromatic heterocycles. The molecule has 0 saturated heterocycles. The lowest BCUT2D eigenvalue weighted by Gasteiger charge is -2.17. The minimum atomic E-state index is -2.77. The van der Waals surface area contributed by atoms with Crippen LogP contribution < -0.4 is 20.4 Å². The van der Waals surface area contributed by atoms with Gasteiger partial charge in [-0.05, 0) is 36.7 Å². The number of hydrogen-bond acceptors (Lipinski definition) is 8. The Bertz CT molecular complexity index is 1160. The summed E-state index contributed by atoms with van der Waals surface area (Å²) in [7, 11) is 4.99. The second-order valence-corrected chi connectivity index (χ2v) is 8.75. The number of nitrogens with one attached hydrogen (secondary N) is 2.